The van der Waals surface area contributed by atoms with Gasteiger partial charge in [0.2, 0.25) is 5.91 Å². The van der Waals surface area contributed by atoms with E-state index in [0.29, 0.717) is 12.4 Å². The fraction of sp³-hybridized carbons (Fsp3) is 0.111. The van der Waals surface area contributed by atoms with E-state index in [0.717, 1.165) is 22.8 Å². The number of hydrogen-bond acceptors (Lipinski definition) is 6. The maximum atomic E-state index is 11.0. The number of hydrogen-bond donors (Lipinski definition) is 3. The quantitative estimate of drug-likeness (QED) is 0.641. The molecule has 1 amide bonds. The van der Waals surface area contributed by atoms with E-state index >= 15 is 0 Å². The number of amides is 1. The minimum absolute atomic E-state index is 0.0964. The van der Waals surface area contributed by atoms with Gasteiger partial charge in [0.1, 0.15) is 18.0 Å². The Bertz CT molecular complexity index is 836. The summed E-state index contributed by atoms with van der Waals surface area (Å²) in [4.78, 5) is 23.5. The molecule has 1 aromatic carbocycles. The average molecular weight is 334 g/mol. The van der Waals surface area contributed by atoms with Crippen molar-refractivity contribution in [2.24, 2.45) is 0 Å². The molecule has 0 aliphatic carbocycles. The molecule has 0 atom stereocenters. The van der Waals surface area contributed by atoms with Crippen LogP contribution in [-0.4, -0.2) is 20.9 Å². The molecule has 3 N–H and O–H groups in total. The summed E-state index contributed by atoms with van der Waals surface area (Å²) < 4.78 is 0. The molecular formula is C18H18N6O. The van der Waals surface area contributed by atoms with Crippen LogP contribution < -0.4 is 16.0 Å². The SMILES string of the molecule is CC(=O)Nc1ccc(Nc2cc(NCc3cccnc3)ncn2)cc1. The highest BCUT2D eigenvalue weighted by Crippen LogP contribution is 2.19. The van der Waals surface area contributed by atoms with Crippen molar-refractivity contribution in [1.82, 2.24) is 15.0 Å². The van der Waals surface area contributed by atoms with Gasteiger partial charge in [0.15, 0.2) is 0 Å². The highest BCUT2D eigenvalue weighted by atomic mass is 16.1. The zero-order valence-corrected chi connectivity index (χ0v) is 13.7. The number of pyridine rings is 1. The summed E-state index contributed by atoms with van der Waals surface area (Å²) in [5.41, 5.74) is 2.69. The molecule has 2 heterocycles. The lowest BCUT2D eigenvalue weighted by molar-refractivity contribution is -0.114. The van der Waals surface area contributed by atoms with Crippen LogP contribution in [0.25, 0.3) is 0 Å². The number of anilines is 4. The summed E-state index contributed by atoms with van der Waals surface area (Å²) in [6.45, 7) is 2.11. The first-order chi connectivity index (χ1) is 12.2. The molecule has 25 heavy (non-hydrogen) atoms. The number of carbonyl (C=O) groups excluding carboxylic acids is 1. The summed E-state index contributed by atoms with van der Waals surface area (Å²) in [6.07, 6.45) is 5.05. The van der Waals surface area contributed by atoms with Gasteiger partial charge in [0, 0.05) is 43.3 Å². The summed E-state index contributed by atoms with van der Waals surface area (Å²) in [5, 5.41) is 9.18. The van der Waals surface area contributed by atoms with Crippen LogP contribution >= 0.6 is 0 Å². The fourth-order valence-corrected chi connectivity index (χ4v) is 2.21. The lowest BCUT2D eigenvalue weighted by Crippen LogP contribution is -2.05. The Labute approximate surface area is 145 Å². The number of nitrogens with zero attached hydrogens (tertiary/aromatic N) is 3. The molecule has 0 saturated carbocycles. The summed E-state index contributed by atoms with van der Waals surface area (Å²) in [6, 6.07) is 13.1. The second-order valence-electron chi connectivity index (χ2n) is 5.39. The van der Waals surface area contributed by atoms with E-state index in [4.69, 9.17) is 0 Å². The first-order valence-corrected chi connectivity index (χ1v) is 7.78. The second-order valence-corrected chi connectivity index (χ2v) is 5.39. The fourth-order valence-electron chi connectivity index (χ4n) is 2.21. The number of carbonyl (C=O) groups is 1. The van der Waals surface area contributed by atoms with Gasteiger partial charge in [0.25, 0.3) is 0 Å². The van der Waals surface area contributed by atoms with E-state index in [1.807, 2.05) is 48.7 Å². The standard InChI is InChI=1S/C18H18N6O/c1-13(25)23-15-4-6-16(7-5-15)24-18-9-17(21-12-22-18)20-11-14-3-2-8-19-10-14/h2-10,12H,11H2,1H3,(H,23,25)(H2,20,21,22,24). The zero-order chi connectivity index (χ0) is 17.5. The largest absolute Gasteiger partial charge is 0.366 e. The van der Waals surface area contributed by atoms with Gasteiger partial charge >= 0.3 is 0 Å². The molecular weight excluding hydrogens is 316 g/mol. The highest BCUT2D eigenvalue weighted by Gasteiger charge is 2.01. The van der Waals surface area contributed by atoms with Crippen molar-refractivity contribution in [2.45, 2.75) is 13.5 Å². The Morgan fingerprint density at radius 2 is 1.80 bits per heavy atom. The highest BCUT2D eigenvalue weighted by molar-refractivity contribution is 5.88. The van der Waals surface area contributed by atoms with Crippen LogP contribution in [-0.2, 0) is 11.3 Å². The second kappa shape index (κ2) is 7.87. The summed E-state index contributed by atoms with van der Waals surface area (Å²) in [5.74, 6) is 1.30. The molecule has 0 bridgehead atoms. The first kappa shape index (κ1) is 16.4. The van der Waals surface area contributed by atoms with E-state index in [9.17, 15) is 4.79 Å². The molecule has 2 aromatic heterocycles. The van der Waals surface area contributed by atoms with E-state index in [2.05, 4.69) is 30.9 Å². The molecule has 7 heteroatoms. The molecule has 0 saturated heterocycles. The Morgan fingerprint density at radius 3 is 2.52 bits per heavy atom. The minimum Gasteiger partial charge on any atom is -0.366 e. The zero-order valence-electron chi connectivity index (χ0n) is 13.7. The van der Waals surface area contributed by atoms with Crippen LogP contribution in [0.2, 0.25) is 0 Å². The van der Waals surface area contributed by atoms with Gasteiger partial charge < -0.3 is 16.0 Å². The van der Waals surface area contributed by atoms with Gasteiger partial charge in [-0.1, -0.05) is 6.07 Å². The molecule has 3 aromatic rings. The van der Waals surface area contributed by atoms with Gasteiger partial charge in [-0.05, 0) is 35.9 Å². The Morgan fingerprint density at radius 1 is 1.04 bits per heavy atom. The molecule has 0 spiro atoms. The third-order valence-electron chi connectivity index (χ3n) is 3.34. The number of nitrogens with one attached hydrogen (secondary N) is 3. The first-order valence-electron chi connectivity index (χ1n) is 7.78. The number of rotatable bonds is 6. The van der Waals surface area contributed by atoms with Gasteiger partial charge in [-0.3, -0.25) is 9.78 Å². The Kier molecular flexibility index (Phi) is 5.16. The predicted octanol–water partition coefficient (Wildman–Crippen LogP) is 3.19. The molecule has 0 fully saturated rings. The van der Waals surface area contributed by atoms with E-state index < -0.39 is 0 Å². The lowest BCUT2D eigenvalue weighted by atomic mass is 10.2. The van der Waals surface area contributed by atoms with Crippen LogP contribution in [0.5, 0.6) is 0 Å². The van der Waals surface area contributed by atoms with E-state index in [1.54, 1.807) is 6.20 Å². The maximum Gasteiger partial charge on any atom is 0.221 e. The van der Waals surface area contributed by atoms with Crippen molar-refractivity contribution in [3.63, 3.8) is 0 Å². The van der Waals surface area contributed by atoms with Gasteiger partial charge in [-0.25, -0.2) is 9.97 Å². The van der Waals surface area contributed by atoms with Crippen molar-refractivity contribution in [3.8, 4) is 0 Å². The van der Waals surface area contributed by atoms with Gasteiger partial charge in [0.05, 0.1) is 0 Å². The van der Waals surface area contributed by atoms with Crippen LogP contribution in [0.4, 0.5) is 23.0 Å². The number of aromatic nitrogens is 3. The Hall–Kier alpha value is -3.48. The molecule has 126 valence electrons. The van der Waals surface area contributed by atoms with Crippen molar-refractivity contribution in [2.75, 3.05) is 16.0 Å². The van der Waals surface area contributed by atoms with Crippen molar-refractivity contribution in [3.05, 3.63) is 66.7 Å². The van der Waals surface area contributed by atoms with Crippen molar-refractivity contribution in [1.29, 1.82) is 0 Å². The summed E-state index contributed by atoms with van der Waals surface area (Å²) in [7, 11) is 0. The van der Waals surface area contributed by atoms with Crippen LogP contribution in [0.15, 0.2) is 61.2 Å². The lowest BCUT2D eigenvalue weighted by Gasteiger charge is -2.09. The third-order valence-corrected chi connectivity index (χ3v) is 3.34. The van der Waals surface area contributed by atoms with E-state index in [-0.39, 0.29) is 5.91 Å². The normalized spacial score (nSPS) is 10.1. The molecule has 7 nitrogen and oxygen atoms in total. The topological polar surface area (TPSA) is 91.8 Å². The van der Waals surface area contributed by atoms with Gasteiger partial charge in [-0.15, -0.1) is 0 Å². The van der Waals surface area contributed by atoms with Crippen LogP contribution in [0.1, 0.15) is 12.5 Å². The Balaban J connectivity index is 1.62. The van der Waals surface area contributed by atoms with Crippen LogP contribution in [0.3, 0.4) is 0 Å². The van der Waals surface area contributed by atoms with Crippen molar-refractivity contribution >= 4 is 28.9 Å². The van der Waals surface area contributed by atoms with Crippen LogP contribution in [0, 0.1) is 0 Å². The van der Waals surface area contributed by atoms with E-state index in [1.165, 1.54) is 13.3 Å². The molecule has 0 aliphatic heterocycles. The summed E-state index contributed by atoms with van der Waals surface area (Å²) >= 11 is 0. The number of benzene rings is 1. The smallest absolute Gasteiger partial charge is 0.221 e. The molecule has 0 radical (unpaired) electrons. The molecule has 0 unspecified atom stereocenters. The van der Waals surface area contributed by atoms with Crippen molar-refractivity contribution < 1.29 is 4.79 Å². The predicted molar refractivity (Wildman–Crippen MR) is 97.6 cm³/mol. The monoisotopic (exact) mass is 334 g/mol. The minimum atomic E-state index is -0.0964. The maximum absolute atomic E-state index is 11.0. The molecule has 3 rings (SSSR count). The third kappa shape index (κ3) is 5.00. The van der Waals surface area contributed by atoms with Gasteiger partial charge in [-0.2, -0.15) is 0 Å². The average Bonchev–Trinajstić information content (AvgIpc) is 2.62. The molecule has 0 aliphatic rings.